The standard InChI is InChI=1S/C12H15N3O.C2H6/c1-8(2)4-11(14-3)9-5-10(12(13)16)7-15-6-9;1-2/h4-7H,1-3H3,(H2,13,16);1-2H3. The van der Waals surface area contributed by atoms with Crippen LogP contribution in [0.1, 0.15) is 43.6 Å². The molecule has 98 valence electrons. The first-order valence-corrected chi connectivity index (χ1v) is 5.91. The number of pyridine rings is 1. The summed E-state index contributed by atoms with van der Waals surface area (Å²) in [4.78, 5) is 19.1. The van der Waals surface area contributed by atoms with Crippen molar-refractivity contribution in [3.05, 3.63) is 41.2 Å². The summed E-state index contributed by atoms with van der Waals surface area (Å²) < 4.78 is 0. The first-order chi connectivity index (χ1) is 8.54. The van der Waals surface area contributed by atoms with Crippen LogP contribution in [0.2, 0.25) is 0 Å². The van der Waals surface area contributed by atoms with Gasteiger partial charge in [0, 0.05) is 25.0 Å². The third-order valence-electron chi connectivity index (χ3n) is 1.98. The van der Waals surface area contributed by atoms with Gasteiger partial charge in [-0.1, -0.05) is 19.4 Å². The highest BCUT2D eigenvalue weighted by Gasteiger charge is 2.05. The Bertz CT molecular complexity index is 458. The zero-order valence-electron chi connectivity index (χ0n) is 11.7. The topological polar surface area (TPSA) is 68.3 Å². The number of hydrogen-bond acceptors (Lipinski definition) is 3. The predicted molar refractivity (Wildman–Crippen MR) is 76.0 cm³/mol. The summed E-state index contributed by atoms with van der Waals surface area (Å²) in [5.41, 5.74) is 8.29. The Kier molecular flexibility index (Phi) is 7.28. The molecule has 0 spiro atoms. The van der Waals surface area contributed by atoms with Crippen molar-refractivity contribution in [3.8, 4) is 0 Å². The predicted octanol–water partition coefficient (Wildman–Crippen LogP) is 2.59. The summed E-state index contributed by atoms with van der Waals surface area (Å²) in [6, 6.07) is 1.69. The van der Waals surface area contributed by atoms with E-state index in [9.17, 15) is 4.79 Å². The maximum Gasteiger partial charge on any atom is 0.250 e. The molecule has 0 saturated carbocycles. The van der Waals surface area contributed by atoms with Gasteiger partial charge in [0.1, 0.15) is 0 Å². The lowest BCUT2D eigenvalue weighted by Crippen LogP contribution is -2.12. The molecule has 0 atom stereocenters. The maximum absolute atomic E-state index is 11.0. The molecule has 1 amide bonds. The molecular formula is C14H21N3O. The quantitative estimate of drug-likeness (QED) is 0.834. The van der Waals surface area contributed by atoms with Crippen LogP contribution in [0.25, 0.3) is 0 Å². The zero-order valence-corrected chi connectivity index (χ0v) is 11.7. The van der Waals surface area contributed by atoms with Crippen LogP contribution in [0, 0.1) is 0 Å². The molecule has 4 heteroatoms. The van der Waals surface area contributed by atoms with E-state index in [1.807, 2.05) is 33.8 Å². The Morgan fingerprint density at radius 3 is 2.28 bits per heavy atom. The fourth-order valence-corrected chi connectivity index (χ4v) is 1.27. The Hall–Kier alpha value is -1.97. The molecule has 2 N–H and O–H groups in total. The summed E-state index contributed by atoms with van der Waals surface area (Å²) >= 11 is 0. The Morgan fingerprint density at radius 1 is 1.28 bits per heavy atom. The largest absolute Gasteiger partial charge is 0.366 e. The molecule has 0 saturated heterocycles. The lowest BCUT2D eigenvalue weighted by molar-refractivity contribution is 0.1000. The molecule has 1 aromatic rings. The van der Waals surface area contributed by atoms with E-state index in [0.717, 1.165) is 16.8 Å². The number of nitrogens with zero attached hydrogens (tertiary/aromatic N) is 2. The monoisotopic (exact) mass is 247 g/mol. The number of aliphatic imine (C=N–C) groups is 1. The van der Waals surface area contributed by atoms with E-state index >= 15 is 0 Å². The minimum Gasteiger partial charge on any atom is -0.366 e. The minimum atomic E-state index is -0.484. The van der Waals surface area contributed by atoms with Crippen LogP contribution in [0.15, 0.2) is 35.1 Å². The average molecular weight is 247 g/mol. The van der Waals surface area contributed by atoms with Gasteiger partial charge < -0.3 is 5.73 Å². The summed E-state index contributed by atoms with van der Waals surface area (Å²) in [5.74, 6) is -0.484. The smallest absolute Gasteiger partial charge is 0.250 e. The molecule has 0 aliphatic heterocycles. The van der Waals surface area contributed by atoms with Gasteiger partial charge in [0.05, 0.1) is 11.3 Å². The van der Waals surface area contributed by atoms with Crippen molar-refractivity contribution in [1.82, 2.24) is 4.98 Å². The van der Waals surface area contributed by atoms with Gasteiger partial charge in [0.15, 0.2) is 0 Å². The average Bonchev–Trinajstić information content (AvgIpc) is 2.38. The van der Waals surface area contributed by atoms with Crippen LogP contribution < -0.4 is 5.73 Å². The number of carbonyl (C=O) groups is 1. The Labute approximate surface area is 109 Å². The second-order valence-electron chi connectivity index (χ2n) is 3.66. The van der Waals surface area contributed by atoms with E-state index in [-0.39, 0.29) is 0 Å². The van der Waals surface area contributed by atoms with Gasteiger partial charge in [-0.05, 0) is 26.0 Å². The van der Waals surface area contributed by atoms with Gasteiger partial charge in [0.2, 0.25) is 5.91 Å². The molecule has 4 nitrogen and oxygen atoms in total. The Morgan fingerprint density at radius 2 is 1.83 bits per heavy atom. The van der Waals surface area contributed by atoms with Gasteiger partial charge in [-0.3, -0.25) is 14.8 Å². The van der Waals surface area contributed by atoms with Crippen molar-refractivity contribution >= 4 is 11.6 Å². The number of allylic oxidation sites excluding steroid dienone is 2. The number of amides is 1. The molecule has 0 aliphatic carbocycles. The molecule has 18 heavy (non-hydrogen) atoms. The molecule has 0 fully saturated rings. The van der Waals surface area contributed by atoms with Crippen LogP contribution in [0.5, 0.6) is 0 Å². The fraction of sp³-hybridized carbons (Fsp3) is 0.357. The summed E-state index contributed by atoms with van der Waals surface area (Å²) in [5, 5.41) is 0. The van der Waals surface area contributed by atoms with Crippen LogP contribution in [-0.4, -0.2) is 23.7 Å². The lowest BCUT2D eigenvalue weighted by Gasteiger charge is -2.02. The highest BCUT2D eigenvalue weighted by Crippen LogP contribution is 2.06. The summed E-state index contributed by atoms with van der Waals surface area (Å²) in [7, 11) is 1.70. The van der Waals surface area contributed by atoms with Crippen LogP contribution in [0.3, 0.4) is 0 Å². The molecule has 1 heterocycles. The highest BCUT2D eigenvalue weighted by atomic mass is 16.1. The van der Waals surface area contributed by atoms with Crippen LogP contribution in [-0.2, 0) is 0 Å². The molecule has 0 aliphatic rings. The normalized spacial score (nSPS) is 10.2. The van der Waals surface area contributed by atoms with Crippen molar-refractivity contribution in [2.45, 2.75) is 27.7 Å². The zero-order chi connectivity index (χ0) is 14.1. The van der Waals surface area contributed by atoms with Gasteiger partial charge in [-0.25, -0.2) is 0 Å². The number of nitrogens with two attached hydrogens (primary N) is 1. The summed E-state index contributed by atoms with van der Waals surface area (Å²) in [6.45, 7) is 7.97. The van der Waals surface area contributed by atoms with Crippen molar-refractivity contribution < 1.29 is 4.79 Å². The molecule has 1 rings (SSSR count). The van der Waals surface area contributed by atoms with Gasteiger partial charge in [-0.2, -0.15) is 0 Å². The van der Waals surface area contributed by atoms with Crippen LogP contribution in [0.4, 0.5) is 0 Å². The number of carbonyl (C=O) groups excluding carboxylic acids is 1. The number of primary amides is 1. The molecule has 0 radical (unpaired) electrons. The van der Waals surface area contributed by atoms with Gasteiger partial charge in [0.25, 0.3) is 0 Å². The van der Waals surface area contributed by atoms with E-state index in [0.29, 0.717) is 5.56 Å². The van der Waals surface area contributed by atoms with E-state index in [1.54, 1.807) is 19.3 Å². The number of aromatic nitrogens is 1. The molecule has 0 aromatic carbocycles. The maximum atomic E-state index is 11.0. The Balaban J connectivity index is 0.00000137. The SMILES string of the molecule is CC.CN=C(C=C(C)C)c1cncc(C(N)=O)c1. The van der Waals surface area contributed by atoms with Crippen molar-refractivity contribution in [1.29, 1.82) is 0 Å². The summed E-state index contributed by atoms with van der Waals surface area (Å²) in [6.07, 6.45) is 5.04. The van der Waals surface area contributed by atoms with Crippen molar-refractivity contribution in [2.75, 3.05) is 7.05 Å². The van der Waals surface area contributed by atoms with E-state index in [4.69, 9.17) is 5.73 Å². The lowest BCUT2D eigenvalue weighted by atomic mass is 10.1. The molecule has 0 bridgehead atoms. The third kappa shape index (κ3) is 4.91. The van der Waals surface area contributed by atoms with E-state index < -0.39 is 5.91 Å². The number of rotatable bonds is 3. The van der Waals surface area contributed by atoms with Crippen molar-refractivity contribution in [3.63, 3.8) is 0 Å². The first kappa shape index (κ1) is 16.0. The van der Waals surface area contributed by atoms with Crippen molar-refractivity contribution in [2.24, 2.45) is 10.7 Å². The molecular weight excluding hydrogens is 226 g/mol. The second kappa shape index (κ2) is 8.17. The van der Waals surface area contributed by atoms with Gasteiger partial charge in [-0.15, -0.1) is 0 Å². The van der Waals surface area contributed by atoms with Crippen LogP contribution >= 0.6 is 0 Å². The van der Waals surface area contributed by atoms with E-state index in [1.165, 1.54) is 6.20 Å². The third-order valence-corrected chi connectivity index (χ3v) is 1.98. The van der Waals surface area contributed by atoms with E-state index in [2.05, 4.69) is 9.98 Å². The van der Waals surface area contributed by atoms with Gasteiger partial charge >= 0.3 is 0 Å². The molecule has 0 unspecified atom stereocenters. The number of hydrogen-bond donors (Lipinski definition) is 1. The minimum absolute atomic E-state index is 0.390. The highest BCUT2D eigenvalue weighted by molar-refractivity contribution is 6.09. The molecule has 1 aromatic heterocycles. The first-order valence-electron chi connectivity index (χ1n) is 5.91. The fourth-order valence-electron chi connectivity index (χ4n) is 1.27. The second-order valence-corrected chi connectivity index (χ2v) is 3.66.